The average Bonchev–Trinajstić information content (AvgIpc) is 2.46. The summed E-state index contributed by atoms with van der Waals surface area (Å²) >= 11 is 12.1. The van der Waals surface area contributed by atoms with Crippen LogP contribution in [0.4, 0.5) is 5.69 Å². The highest BCUT2D eigenvalue weighted by Crippen LogP contribution is 2.24. The molecule has 0 bridgehead atoms. The fraction of sp³-hybridized carbons (Fsp3) is 0.600. The highest BCUT2D eigenvalue weighted by Gasteiger charge is 2.09. The van der Waals surface area contributed by atoms with Crippen molar-refractivity contribution in [3.8, 4) is 0 Å². The van der Waals surface area contributed by atoms with E-state index in [2.05, 4.69) is 4.90 Å². The topological polar surface area (TPSA) is 21.7 Å². The van der Waals surface area contributed by atoms with E-state index in [9.17, 15) is 0 Å². The zero-order chi connectivity index (χ0) is 14.8. The number of nitrogens with zero attached hydrogens (tertiary/aromatic N) is 1. The molecule has 1 rings (SSSR count). The maximum Gasteiger partial charge on any atom is 0.0641 e. The molecule has 0 aliphatic rings. The SMILES string of the molecule is CCOCCN(CCOCC)c1ccc(CCl)c(Cl)c1. The van der Waals surface area contributed by atoms with E-state index in [1.54, 1.807) is 0 Å². The fourth-order valence-electron chi connectivity index (χ4n) is 1.85. The highest BCUT2D eigenvalue weighted by atomic mass is 35.5. The normalized spacial score (nSPS) is 10.8. The Hall–Kier alpha value is -0.480. The Kier molecular flexibility index (Phi) is 9.03. The average molecular weight is 320 g/mol. The maximum absolute atomic E-state index is 6.22. The molecule has 0 spiro atoms. The Labute approximate surface area is 131 Å². The van der Waals surface area contributed by atoms with Gasteiger partial charge in [0.05, 0.1) is 13.2 Å². The van der Waals surface area contributed by atoms with Crippen molar-refractivity contribution in [2.24, 2.45) is 0 Å². The van der Waals surface area contributed by atoms with Crippen LogP contribution >= 0.6 is 23.2 Å². The molecule has 0 aliphatic carbocycles. The second-order valence-electron chi connectivity index (χ2n) is 4.29. The quantitative estimate of drug-likeness (QED) is 0.481. The second kappa shape index (κ2) is 10.3. The minimum absolute atomic E-state index is 0.428. The van der Waals surface area contributed by atoms with E-state index in [0.717, 1.165) is 37.6 Å². The number of halogens is 2. The molecule has 1 aromatic rings. The molecule has 0 fully saturated rings. The molecule has 0 aromatic heterocycles. The lowest BCUT2D eigenvalue weighted by atomic mass is 10.2. The zero-order valence-electron chi connectivity index (χ0n) is 12.2. The van der Waals surface area contributed by atoms with Gasteiger partial charge in [-0.05, 0) is 31.5 Å². The van der Waals surface area contributed by atoms with Crippen molar-refractivity contribution < 1.29 is 9.47 Å². The van der Waals surface area contributed by atoms with E-state index in [1.807, 2.05) is 32.0 Å². The van der Waals surface area contributed by atoms with E-state index in [0.29, 0.717) is 24.1 Å². The summed E-state index contributed by atoms with van der Waals surface area (Å²) in [5.41, 5.74) is 2.02. The third-order valence-electron chi connectivity index (χ3n) is 2.97. The lowest BCUT2D eigenvalue weighted by molar-refractivity contribution is 0.141. The van der Waals surface area contributed by atoms with E-state index < -0.39 is 0 Å². The molecule has 1 aromatic carbocycles. The van der Waals surface area contributed by atoms with Gasteiger partial charge in [-0.25, -0.2) is 0 Å². The number of alkyl halides is 1. The van der Waals surface area contributed by atoms with Crippen LogP contribution in [-0.4, -0.2) is 39.5 Å². The summed E-state index contributed by atoms with van der Waals surface area (Å²) in [6.45, 7) is 8.47. The number of hydrogen-bond acceptors (Lipinski definition) is 3. The molecule has 0 amide bonds. The van der Waals surface area contributed by atoms with Crippen LogP contribution in [0.1, 0.15) is 19.4 Å². The van der Waals surface area contributed by atoms with Crippen LogP contribution in [-0.2, 0) is 15.4 Å². The number of ether oxygens (including phenoxy) is 2. The molecule has 0 aliphatic heterocycles. The van der Waals surface area contributed by atoms with Gasteiger partial charge >= 0.3 is 0 Å². The molecule has 3 nitrogen and oxygen atoms in total. The molecule has 0 saturated heterocycles. The van der Waals surface area contributed by atoms with Gasteiger partial charge in [0.1, 0.15) is 0 Å². The Morgan fingerprint density at radius 3 is 2.10 bits per heavy atom. The number of benzene rings is 1. The van der Waals surface area contributed by atoms with Crippen LogP contribution in [0, 0.1) is 0 Å². The van der Waals surface area contributed by atoms with Crippen molar-refractivity contribution in [3.05, 3.63) is 28.8 Å². The smallest absolute Gasteiger partial charge is 0.0641 e. The van der Waals surface area contributed by atoms with Gasteiger partial charge in [0.25, 0.3) is 0 Å². The summed E-state index contributed by atoms with van der Waals surface area (Å²) in [6, 6.07) is 5.97. The van der Waals surface area contributed by atoms with Crippen LogP contribution in [0.25, 0.3) is 0 Å². The molecule has 0 N–H and O–H groups in total. The fourth-order valence-corrected chi connectivity index (χ4v) is 2.39. The van der Waals surface area contributed by atoms with Gasteiger partial charge < -0.3 is 14.4 Å². The molecule has 5 heteroatoms. The Balaban J connectivity index is 2.71. The van der Waals surface area contributed by atoms with Gasteiger partial charge in [0.15, 0.2) is 0 Å². The molecule has 0 atom stereocenters. The Bertz CT molecular complexity index is 378. The minimum atomic E-state index is 0.428. The third-order valence-corrected chi connectivity index (χ3v) is 3.60. The van der Waals surface area contributed by atoms with Crippen molar-refractivity contribution in [3.63, 3.8) is 0 Å². The van der Waals surface area contributed by atoms with Crippen LogP contribution in [0.3, 0.4) is 0 Å². The summed E-state index contributed by atoms with van der Waals surface area (Å²) < 4.78 is 10.9. The lowest BCUT2D eigenvalue weighted by Crippen LogP contribution is -2.31. The molecule has 0 unspecified atom stereocenters. The van der Waals surface area contributed by atoms with E-state index in [-0.39, 0.29) is 0 Å². The third kappa shape index (κ3) is 5.88. The first-order chi connectivity index (χ1) is 9.72. The van der Waals surface area contributed by atoms with Crippen molar-refractivity contribution in [2.75, 3.05) is 44.4 Å². The molecule has 0 heterocycles. The standard InChI is InChI=1S/C15H23Cl2NO2/c1-3-19-9-7-18(8-10-20-4-2)14-6-5-13(12-16)15(17)11-14/h5-6,11H,3-4,7-10,12H2,1-2H3. The second-order valence-corrected chi connectivity index (χ2v) is 4.96. The lowest BCUT2D eigenvalue weighted by Gasteiger charge is -2.25. The maximum atomic E-state index is 6.22. The van der Waals surface area contributed by atoms with Gasteiger partial charge in [0, 0.05) is 42.9 Å². The first-order valence-corrected chi connectivity index (χ1v) is 7.89. The summed E-state index contributed by atoms with van der Waals surface area (Å²) in [4.78, 5) is 2.22. The van der Waals surface area contributed by atoms with E-state index >= 15 is 0 Å². The van der Waals surface area contributed by atoms with E-state index in [1.165, 1.54) is 0 Å². The van der Waals surface area contributed by atoms with Crippen LogP contribution in [0.2, 0.25) is 5.02 Å². The van der Waals surface area contributed by atoms with Crippen molar-refractivity contribution in [1.29, 1.82) is 0 Å². The van der Waals surface area contributed by atoms with Crippen molar-refractivity contribution in [2.45, 2.75) is 19.7 Å². The van der Waals surface area contributed by atoms with Crippen LogP contribution < -0.4 is 4.90 Å². The van der Waals surface area contributed by atoms with Crippen LogP contribution in [0.5, 0.6) is 0 Å². The molecule has 0 radical (unpaired) electrons. The number of anilines is 1. The summed E-state index contributed by atoms with van der Waals surface area (Å²) in [5, 5.41) is 0.704. The zero-order valence-corrected chi connectivity index (χ0v) is 13.7. The largest absolute Gasteiger partial charge is 0.380 e. The van der Waals surface area contributed by atoms with Gasteiger partial charge in [-0.1, -0.05) is 17.7 Å². The van der Waals surface area contributed by atoms with Gasteiger partial charge in [-0.3, -0.25) is 0 Å². The predicted molar refractivity (Wildman–Crippen MR) is 86.2 cm³/mol. The van der Waals surface area contributed by atoms with Gasteiger partial charge in [-0.2, -0.15) is 0 Å². The minimum Gasteiger partial charge on any atom is -0.380 e. The first-order valence-electron chi connectivity index (χ1n) is 6.97. The molecular formula is C15H23Cl2NO2. The van der Waals surface area contributed by atoms with Gasteiger partial charge in [0.2, 0.25) is 0 Å². The number of hydrogen-bond donors (Lipinski definition) is 0. The van der Waals surface area contributed by atoms with Crippen molar-refractivity contribution in [1.82, 2.24) is 0 Å². The monoisotopic (exact) mass is 319 g/mol. The van der Waals surface area contributed by atoms with E-state index in [4.69, 9.17) is 32.7 Å². The Morgan fingerprint density at radius 1 is 1.05 bits per heavy atom. The molecule has 114 valence electrons. The highest BCUT2D eigenvalue weighted by molar-refractivity contribution is 6.32. The molecular weight excluding hydrogens is 297 g/mol. The predicted octanol–water partition coefficient (Wildman–Crippen LogP) is 3.96. The molecule has 0 saturated carbocycles. The number of rotatable bonds is 10. The van der Waals surface area contributed by atoms with Crippen molar-refractivity contribution >= 4 is 28.9 Å². The molecule has 20 heavy (non-hydrogen) atoms. The summed E-state index contributed by atoms with van der Waals surface area (Å²) in [6.07, 6.45) is 0. The Morgan fingerprint density at radius 2 is 1.65 bits per heavy atom. The first kappa shape index (κ1) is 17.6. The summed E-state index contributed by atoms with van der Waals surface area (Å²) in [7, 11) is 0. The summed E-state index contributed by atoms with van der Waals surface area (Å²) in [5.74, 6) is 0.428. The van der Waals surface area contributed by atoms with Crippen LogP contribution in [0.15, 0.2) is 18.2 Å². The van der Waals surface area contributed by atoms with Gasteiger partial charge in [-0.15, -0.1) is 11.6 Å².